The number of anilines is 2. The first-order valence-electron chi connectivity index (χ1n) is 8.19. The van der Waals surface area contributed by atoms with E-state index in [2.05, 4.69) is 10.6 Å². The minimum absolute atomic E-state index is 0. The average molecular weight is 338 g/mol. The van der Waals surface area contributed by atoms with Gasteiger partial charge in [0.2, 0.25) is 11.8 Å². The lowest BCUT2D eigenvalue weighted by molar-refractivity contribution is -0.119. The lowest BCUT2D eigenvalue weighted by Crippen LogP contribution is -2.43. The Morgan fingerprint density at radius 1 is 1.22 bits per heavy atom. The van der Waals surface area contributed by atoms with Gasteiger partial charge in [0.15, 0.2) is 0 Å². The smallest absolute Gasteiger partial charge is 0.241 e. The van der Waals surface area contributed by atoms with Crippen LogP contribution in [0.15, 0.2) is 24.3 Å². The van der Waals surface area contributed by atoms with E-state index >= 15 is 0 Å². The van der Waals surface area contributed by atoms with Crippen molar-refractivity contribution >= 4 is 35.6 Å². The van der Waals surface area contributed by atoms with Crippen LogP contribution in [0.4, 0.5) is 11.4 Å². The molecule has 1 aromatic carbocycles. The number of hydrogen-bond donors (Lipinski definition) is 2. The molecule has 0 bridgehead atoms. The van der Waals surface area contributed by atoms with E-state index in [1.165, 1.54) is 0 Å². The Labute approximate surface area is 143 Å². The van der Waals surface area contributed by atoms with Crippen LogP contribution in [0.3, 0.4) is 0 Å². The second kappa shape index (κ2) is 8.31. The Morgan fingerprint density at radius 2 is 2.09 bits per heavy atom. The maximum Gasteiger partial charge on any atom is 0.241 e. The van der Waals surface area contributed by atoms with Crippen LogP contribution in [0.2, 0.25) is 0 Å². The van der Waals surface area contributed by atoms with E-state index in [0.717, 1.165) is 56.6 Å². The van der Waals surface area contributed by atoms with Gasteiger partial charge in [-0.05, 0) is 50.4 Å². The molecule has 3 rings (SSSR count). The standard InChI is InChI=1S/C17H23N3O2.ClH/c21-16-9-2-4-11-20(16)14-7-5-6-13(12-14)19-17(22)15-8-1-3-10-18-15;/h5-7,12,15,18H,1-4,8-11H2,(H,19,22);1H. The molecule has 1 aromatic rings. The Kier molecular flexibility index (Phi) is 6.42. The van der Waals surface area contributed by atoms with Crippen molar-refractivity contribution in [1.29, 1.82) is 0 Å². The summed E-state index contributed by atoms with van der Waals surface area (Å²) in [4.78, 5) is 26.1. The third-order valence-corrected chi connectivity index (χ3v) is 4.38. The lowest BCUT2D eigenvalue weighted by Gasteiger charge is -2.27. The highest BCUT2D eigenvalue weighted by molar-refractivity contribution is 5.97. The summed E-state index contributed by atoms with van der Waals surface area (Å²) in [6.07, 6.45) is 5.73. The number of rotatable bonds is 3. The van der Waals surface area contributed by atoms with Gasteiger partial charge in [-0.3, -0.25) is 9.59 Å². The summed E-state index contributed by atoms with van der Waals surface area (Å²) in [5.74, 6) is 0.186. The Bertz CT molecular complexity index is 559. The van der Waals surface area contributed by atoms with Gasteiger partial charge in [0, 0.05) is 24.3 Å². The van der Waals surface area contributed by atoms with Crippen molar-refractivity contribution in [2.24, 2.45) is 0 Å². The van der Waals surface area contributed by atoms with Crippen LogP contribution >= 0.6 is 12.4 Å². The molecule has 2 fully saturated rings. The van der Waals surface area contributed by atoms with Gasteiger partial charge in [-0.25, -0.2) is 0 Å². The Hall–Kier alpha value is -1.59. The van der Waals surface area contributed by atoms with Crippen molar-refractivity contribution in [3.8, 4) is 0 Å². The summed E-state index contributed by atoms with van der Waals surface area (Å²) in [6, 6.07) is 7.48. The van der Waals surface area contributed by atoms with Crippen LogP contribution in [-0.2, 0) is 9.59 Å². The van der Waals surface area contributed by atoms with Crippen molar-refractivity contribution in [3.05, 3.63) is 24.3 Å². The van der Waals surface area contributed by atoms with Crippen molar-refractivity contribution in [3.63, 3.8) is 0 Å². The first-order chi connectivity index (χ1) is 10.7. The summed E-state index contributed by atoms with van der Waals surface area (Å²) in [6.45, 7) is 1.67. The molecule has 0 saturated carbocycles. The highest BCUT2D eigenvalue weighted by Crippen LogP contribution is 2.24. The van der Waals surface area contributed by atoms with E-state index in [1.807, 2.05) is 29.2 Å². The van der Waals surface area contributed by atoms with Gasteiger partial charge in [-0.2, -0.15) is 0 Å². The van der Waals surface area contributed by atoms with E-state index in [0.29, 0.717) is 6.42 Å². The number of halogens is 1. The van der Waals surface area contributed by atoms with Crippen molar-refractivity contribution in [2.45, 2.75) is 44.6 Å². The minimum Gasteiger partial charge on any atom is -0.325 e. The molecule has 0 radical (unpaired) electrons. The molecule has 1 atom stereocenters. The third-order valence-electron chi connectivity index (χ3n) is 4.38. The molecular formula is C17H24ClN3O2. The normalized spacial score (nSPS) is 21.5. The largest absolute Gasteiger partial charge is 0.325 e. The molecule has 0 spiro atoms. The van der Waals surface area contributed by atoms with E-state index in [1.54, 1.807) is 0 Å². The first kappa shape index (κ1) is 17.8. The monoisotopic (exact) mass is 337 g/mol. The number of piperidine rings is 2. The van der Waals surface area contributed by atoms with Crippen molar-refractivity contribution in [1.82, 2.24) is 5.32 Å². The molecule has 2 amide bonds. The number of nitrogens with one attached hydrogen (secondary N) is 2. The molecule has 2 N–H and O–H groups in total. The van der Waals surface area contributed by atoms with Crippen LogP contribution in [0.25, 0.3) is 0 Å². The average Bonchev–Trinajstić information content (AvgIpc) is 2.56. The van der Waals surface area contributed by atoms with Gasteiger partial charge in [0.1, 0.15) is 0 Å². The second-order valence-electron chi connectivity index (χ2n) is 6.04. The third kappa shape index (κ3) is 4.45. The van der Waals surface area contributed by atoms with Crippen LogP contribution < -0.4 is 15.5 Å². The molecule has 6 heteroatoms. The highest BCUT2D eigenvalue weighted by Gasteiger charge is 2.22. The van der Waals surface area contributed by atoms with Crippen molar-refractivity contribution < 1.29 is 9.59 Å². The second-order valence-corrected chi connectivity index (χ2v) is 6.04. The number of nitrogens with zero attached hydrogens (tertiary/aromatic N) is 1. The lowest BCUT2D eigenvalue weighted by atomic mass is 10.0. The summed E-state index contributed by atoms with van der Waals surface area (Å²) in [7, 11) is 0. The van der Waals surface area contributed by atoms with Gasteiger partial charge < -0.3 is 15.5 Å². The Morgan fingerprint density at radius 3 is 2.83 bits per heavy atom. The maximum atomic E-state index is 12.3. The summed E-state index contributed by atoms with van der Waals surface area (Å²) in [5, 5.41) is 6.21. The molecule has 2 aliphatic heterocycles. The number of carbonyl (C=O) groups excluding carboxylic acids is 2. The van der Waals surface area contributed by atoms with E-state index in [4.69, 9.17) is 0 Å². The summed E-state index contributed by atoms with van der Waals surface area (Å²) in [5.41, 5.74) is 1.63. The fraction of sp³-hybridized carbons (Fsp3) is 0.529. The molecular weight excluding hydrogens is 314 g/mol. The van der Waals surface area contributed by atoms with Crippen LogP contribution in [0.5, 0.6) is 0 Å². The molecule has 126 valence electrons. The molecule has 1 unspecified atom stereocenters. The first-order valence-corrected chi connectivity index (χ1v) is 8.19. The van der Waals surface area contributed by atoms with Gasteiger partial charge in [-0.15, -0.1) is 12.4 Å². The number of benzene rings is 1. The topological polar surface area (TPSA) is 61.4 Å². The minimum atomic E-state index is -0.103. The van der Waals surface area contributed by atoms with Crippen LogP contribution in [0.1, 0.15) is 38.5 Å². The maximum absolute atomic E-state index is 12.3. The quantitative estimate of drug-likeness (QED) is 0.891. The molecule has 2 saturated heterocycles. The van der Waals surface area contributed by atoms with Crippen LogP contribution in [-0.4, -0.2) is 30.9 Å². The van der Waals surface area contributed by atoms with Crippen LogP contribution in [0, 0.1) is 0 Å². The fourth-order valence-electron chi connectivity index (χ4n) is 3.14. The predicted octanol–water partition coefficient (Wildman–Crippen LogP) is 2.71. The molecule has 2 aliphatic rings. The Balaban J connectivity index is 0.00000192. The van der Waals surface area contributed by atoms with Gasteiger partial charge >= 0.3 is 0 Å². The molecule has 23 heavy (non-hydrogen) atoms. The fourth-order valence-corrected chi connectivity index (χ4v) is 3.14. The molecule has 0 aliphatic carbocycles. The predicted molar refractivity (Wildman–Crippen MR) is 94.2 cm³/mol. The zero-order chi connectivity index (χ0) is 15.4. The van der Waals surface area contributed by atoms with E-state index < -0.39 is 0 Å². The molecule has 0 aromatic heterocycles. The van der Waals surface area contributed by atoms with E-state index in [-0.39, 0.29) is 30.3 Å². The summed E-state index contributed by atoms with van der Waals surface area (Å²) < 4.78 is 0. The zero-order valence-electron chi connectivity index (χ0n) is 13.2. The number of hydrogen-bond acceptors (Lipinski definition) is 3. The number of carbonyl (C=O) groups is 2. The summed E-state index contributed by atoms with van der Waals surface area (Å²) >= 11 is 0. The highest BCUT2D eigenvalue weighted by atomic mass is 35.5. The van der Waals surface area contributed by atoms with Gasteiger partial charge in [-0.1, -0.05) is 12.5 Å². The van der Waals surface area contributed by atoms with Gasteiger partial charge in [0.05, 0.1) is 6.04 Å². The SMILES string of the molecule is Cl.O=C(Nc1cccc(N2CCCCC2=O)c1)C1CCCCN1. The van der Waals surface area contributed by atoms with Crippen molar-refractivity contribution in [2.75, 3.05) is 23.3 Å². The van der Waals surface area contributed by atoms with Gasteiger partial charge in [0.25, 0.3) is 0 Å². The number of amides is 2. The van der Waals surface area contributed by atoms with E-state index in [9.17, 15) is 9.59 Å². The molecule has 2 heterocycles. The molecule has 5 nitrogen and oxygen atoms in total. The zero-order valence-corrected chi connectivity index (χ0v) is 14.0.